The number of hydrogen-bond donors (Lipinski definition) is 0. The van der Waals surface area contributed by atoms with E-state index in [4.69, 9.17) is 16.3 Å². The highest BCUT2D eigenvalue weighted by Gasteiger charge is 2.60. The van der Waals surface area contributed by atoms with E-state index in [1.807, 2.05) is 18.2 Å². The van der Waals surface area contributed by atoms with Crippen molar-refractivity contribution in [2.75, 3.05) is 57.4 Å². The minimum Gasteiger partial charge on any atom is -0.426 e. The van der Waals surface area contributed by atoms with Gasteiger partial charge in [0.15, 0.2) is 0 Å². The molecule has 0 radical (unpaired) electrons. The highest BCUT2D eigenvalue weighted by Crippen LogP contribution is 2.44. The van der Waals surface area contributed by atoms with Gasteiger partial charge in [0.05, 0.1) is 10.7 Å². The molecule has 212 valence electrons. The van der Waals surface area contributed by atoms with Crippen LogP contribution in [0.5, 0.6) is 0 Å². The Morgan fingerprint density at radius 2 is 1.66 bits per heavy atom. The minimum atomic E-state index is -5.73. The first kappa shape index (κ1) is 27.6. The largest absolute Gasteiger partial charge is 0.434 e. The number of rotatable bonds is 4. The van der Waals surface area contributed by atoms with E-state index in [9.17, 15) is 31.1 Å². The van der Waals surface area contributed by atoms with Crippen molar-refractivity contribution < 1.29 is 40.6 Å². The molecule has 4 saturated heterocycles. The fourth-order valence-corrected chi connectivity index (χ4v) is 6.80. The Labute approximate surface area is 221 Å². The number of ether oxygens (including phenoxy) is 2. The average Bonchev–Trinajstić information content (AvgIpc) is 3.50. The van der Waals surface area contributed by atoms with Gasteiger partial charge >= 0.3 is 18.4 Å². The molecule has 38 heavy (non-hydrogen) atoms. The fourth-order valence-electron chi connectivity index (χ4n) is 6.48. The second-order valence-electron chi connectivity index (χ2n) is 11.0. The Balaban J connectivity index is 1.20. The lowest BCUT2D eigenvalue weighted by Crippen LogP contribution is -2.48. The van der Waals surface area contributed by atoms with Gasteiger partial charge in [0, 0.05) is 59.0 Å². The maximum Gasteiger partial charge on any atom is 0.434 e. The van der Waals surface area contributed by atoms with E-state index in [0.717, 1.165) is 61.7 Å². The first-order chi connectivity index (χ1) is 17.8. The van der Waals surface area contributed by atoms with Gasteiger partial charge in [-0.05, 0) is 48.1 Å². The third kappa shape index (κ3) is 5.67. The van der Waals surface area contributed by atoms with Crippen LogP contribution in [-0.2, 0) is 16.0 Å². The summed E-state index contributed by atoms with van der Waals surface area (Å²) in [6.07, 6.45) is -14.0. The number of benzene rings is 1. The van der Waals surface area contributed by atoms with Crippen molar-refractivity contribution in [3.8, 4) is 0 Å². The maximum absolute atomic E-state index is 12.8. The minimum absolute atomic E-state index is 0.0571. The van der Waals surface area contributed by atoms with Crippen molar-refractivity contribution in [1.82, 2.24) is 9.80 Å². The molecule has 4 aliphatic heterocycles. The first-order valence-electron chi connectivity index (χ1n) is 12.8. The molecule has 0 N–H and O–H groups in total. The van der Waals surface area contributed by atoms with Gasteiger partial charge in [-0.25, -0.2) is 4.79 Å². The number of likely N-dealkylation sites (tertiary alicyclic amines) is 2. The molecular weight excluding hydrogens is 540 g/mol. The van der Waals surface area contributed by atoms with Gasteiger partial charge in [0.1, 0.15) is 0 Å². The van der Waals surface area contributed by atoms with Crippen LogP contribution in [0, 0.1) is 17.3 Å². The Hall–Kier alpha value is -1.92. The summed E-state index contributed by atoms with van der Waals surface area (Å²) in [7, 11) is 0. The van der Waals surface area contributed by atoms with Crippen LogP contribution in [0.25, 0.3) is 0 Å². The number of alkyl halides is 6. The molecule has 1 spiro atoms. The van der Waals surface area contributed by atoms with Gasteiger partial charge in [-0.1, -0.05) is 23.7 Å². The van der Waals surface area contributed by atoms with Crippen LogP contribution in [0.15, 0.2) is 18.2 Å². The lowest BCUT2D eigenvalue weighted by atomic mass is 9.80. The Bertz CT molecular complexity index is 1000. The zero-order chi connectivity index (χ0) is 27.3. The summed E-state index contributed by atoms with van der Waals surface area (Å²) in [4.78, 5) is 17.7. The fraction of sp³-hybridized carbons (Fsp3) is 0.720. The van der Waals surface area contributed by atoms with Crippen LogP contribution in [0.2, 0.25) is 5.02 Å². The lowest BCUT2D eigenvalue weighted by molar-refractivity contribution is -0.308. The van der Waals surface area contributed by atoms with Crippen LogP contribution in [0.4, 0.5) is 36.8 Å². The molecule has 1 aromatic rings. The summed E-state index contributed by atoms with van der Waals surface area (Å²) in [5.41, 5.74) is 2.34. The number of nitrogens with zero attached hydrogens (tertiary/aromatic N) is 3. The molecule has 2 unspecified atom stereocenters. The van der Waals surface area contributed by atoms with Crippen LogP contribution < -0.4 is 4.90 Å². The standard InChI is InChI=1S/C25H30ClF6N3O3/c26-19-3-1-2-16(20(19)34-7-4-23(15-34)5-8-37-9-6-23)10-33-11-17-13-35(14-18(17)12-33)22(36)38-21(24(27,28)29)25(30,31)32/h1-3,17-18,21H,4-15H2. The topological polar surface area (TPSA) is 45.2 Å². The summed E-state index contributed by atoms with van der Waals surface area (Å²) in [6, 6.07) is 5.84. The number of anilines is 1. The molecule has 0 aromatic heterocycles. The van der Waals surface area contributed by atoms with Gasteiger partial charge in [0.2, 0.25) is 0 Å². The van der Waals surface area contributed by atoms with Crippen molar-refractivity contribution in [2.45, 2.75) is 44.3 Å². The van der Waals surface area contributed by atoms with E-state index in [-0.39, 0.29) is 30.3 Å². The van der Waals surface area contributed by atoms with E-state index in [1.165, 1.54) is 0 Å². The van der Waals surface area contributed by atoms with Gasteiger partial charge in [0.25, 0.3) is 6.10 Å². The van der Waals surface area contributed by atoms with Crippen molar-refractivity contribution in [3.63, 3.8) is 0 Å². The summed E-state index contributed by atoms with van der Waals surface area (Å²) >= 11 is 6.67. The van der Waals surface area contributed by atoms with Gasteiger partial charge in [-0.2, -0.15) is 26.3 Å². The molecule has 5 rings (SSSR count). The zero-order valence-corrected chi connectivity index (χ0v) is 21.4. The monoisotopic (exact) mass is 569 g/mol. The van der Waals surface area contributed by atoms with Gasteiger partial charge < -0.3 is 19.3 Å². The van der Waals surface area contributed by atoms with Crippen molar-refractivity contribution in [1.29, 1.82) is 0 Å². The second kappa shape index (κ2) is 10.2. The van der Waals surface area contributed by atoms with Crippen molar-refractivity contribution in [2.24, 2.45) is 17.3 Å². The summed E-state index contributed by atoms with van der Waals surface area (Å²) < 4.78 is 86.2. The zero-order valence-electron chi connectivity index (χ0n) is 20.7. The molecule has 0 bridgehead atoms. The average molecular weight is 570 g/mol. The molecule has 4 heterocycles. The van der Waals surface area contributed by atoms with Crippen molar-refractivity contribution >= 4 is 23.4 Å². The molecule has 6 nitrogen and oxygen atoms in total. The van der Waals surface area contributed by atoms with E-state index in [2.05, 4.69) is 14.5 Å². The number of para-hydroxylation sites is 1. The van der Waals surface area contributed by atoms with E-state index in [0.29, 0.717) is 24.7 Å². The molecule has 1 amide bonds. The normalized spacial score (nSPS) is 26.0. The highest BCUT2D eigenvalue weighted by atomic mass is 35.5. The smallest absolute Gasteiger partial charge is 0.426 e. The second-order valence-corrected chi connectivity index (χ2v) is 11.4. The van der Waals surface area contributed by atoms with E-state index >= 15 is 0 Å². The molecule has 0 saturated carbocycles. The van der Waals surface area contributed by atoms with E-state index < -0.39 is 24.5 Å². The number of carbonyl (C=O) groups is 1. The predicted molar refractivity (Wildman–Crippen MR) is 127 cm³/mol. The highest BCUT2D eigenvalue weighted by molar-refractivity contribution is 6.33. The number of carbonyl (C=O) groups excluding carboxylic acids is 1. The Morgan fingerprint density at radius 1 is 1.03 bits per heavy atom. The van der Waals surface area contributed by atoms with Crippen LogP contribution in [0.1, 0.15) is 24.8 Å². The third-order valence-electron chi connectivity index (χ3n) is 8.41. The van der Waals surface area contributed by atoms with Gasteiger partial charge in [-0.15, -0.1) is 0 Å². The molecule has 0 aliphatic carbocycles. The summed E-state index contributed by atoms with van der Waals surface area (Å²) in [5.74, 6) is -0.115. The molecule has 13 heteroatoms. The van der Waals surface area contributed by atoms with Crippen LogP contribution in [0.3, 0.4) is 0 Å². The predicted octanol–water partition coefficient (Wildman–Crippen LogP) is 5.34. The van der Waals surface area contributed by atoms with Crippen molar-refractivity contribution in [3.05, 3.63) is 28.8 Å². The molecule has 2 atom stereocenters. The number of fused-ring (bicyclic) bond motifs is 1. The first-order valence-corrected chi connectivity index (χ1v) is 13.1. The Kier molecular flexibility index (Phi) is 7.45. The summed E-state index contributed by atoms with van der Waals surface area (Å²) in [6.45, 7) is 5.26. The van der Waals surface area contributed by atoms with E-state index in [1.54, 1.807) is 0 Å². The Morgan fingerprint density at radius 3 is 2.26 bits per heavy atom. The molecule has 1 aromatic carbocycles. The van der Waals surface area contributed by atoms with Crippen LogP contribution >= 0.6 is 11.6 Å². The van der Waals surface area contributed by atoms with Crippen LogP contribution in [-0.4, -0.2) is 86.8 Å². The quantitative estimate of drug-likeness (QED) is 0.458. The summed E-state index contributed by atoms with van der Waals surface area (Å²) in [5, 5.41) is 0.684. The lowest BCUT2D eigenvalue weighted by Gasteiger charge is -2.34. The number of hydrogen-bond acceptors (Lipinski definition) is 5. The third-order valence-corrected chi connectivity index (χ3v) is 8.71. The SMILES string of the molecule is O=C(OC(C(F)(F)F)C(F)(F)F)N1CC2CN(Cc3cccc(Cl)c3N3CCC4(CCOCC4)C3)CC2C1. The maximum atomic E-state index is 12.8. The number of halogens is 7. The molecule has 4 fully saturated rings. The van der Waals surface area contributed by atoms with Gasteiger partial charge in [-0.3, -0.25) is 4.90 Å². The molecule has 4 aliphatic rings. The molecular formula is C25H30ClF6N3O3. The number of amides is 1.